The topological polar surface area (TPSA) is 71.1 Å². The Kier molecular flexibility index (Phi) is 7.62. The van der Waals surface area contributed by atoms with Gasteiger partial charge in [-0.3, -0.25) is 9.59 Å². The molecule has 0 bridgehead atoms. The first-order chi connectivity index (χ1) is 9.90. The van der Waals surface area contributed by atoms with Gasteiger partial charge < -0.3 is 18.9 Å². The van der Waals surface area contributed by atoms with Crippen LogP contribution in [0.5, 0.6) is 0 Å². The van der Waals surface area contributed by atoms with E-state index in [4.69, 9.17) is 18.9 Å². The Balaban J connectivity index is 2.97. The fraction of sp³-hybridized carbons (Fsp3) is 0.857. The fourth-order valence-corrected chi connectivity index (χ4v) is 2.67. The lowest BCUT2D eigenvalue weighted by Gasteiger charge is -2.43. The molecule has 122 valence electrons. The van der Waals surface area contributed by atoms with Gasteiger partial charge in [0.1, 0.15) is 6.10 Å². The van der Waals surface area contributed by atoms with E-state index in [9.17, 15) is 9.59 Å². The summed E-state index contributed by atoms with van der Waals surface area (Å²) in [6, 6.07) is 0. The molecule has 0 aromatic heterocycles. The molecule has 0 aliphatic carbocycles. The molecule has 0 amide bonds. The van der Waals surface area contributed by atoms with Crippen molar-refractivity contribution < 1.29 is 28.5 Å². The van der Waals surface area contributed by atoms with E-state index in [1.165, 1.54) is 13.8 Å². The van der Waals surface area contributed by atoms with Crippen LogP contribution in [0.1, 0.15) is 34.1 Å². The average molecular weight is 367 g/mol. The number of rotatable bonds is 6. The molecular weight excluding hydrogens is 344 g/mol. The van der Waals surface area contributed by atoms with E-state index in [1.54, 1.807) is 0 Å². The van der Waals surface area contributed by atoms with E-state index in [0.29, 0.717) is 11.9 Å². The second kappa shape index (κ2) is 8.70. The van der Waals surface area contributed by atoms with Gasteiger partial charge >= 0.3 is 11.9 Å². The molecule has 7 heteroatoms. The summed E-state index contributed by atoms with van der Waals surface area (Å²) in [4.78, 5) is 22.7. The van der Waals surface area contributed by atoms with Crippen molar-refractivity contribution in [3.05, 3.63) is 0 Å². The zero-order chi connectivity index (χ0) is 16.0. The Hall–Kier alpha value is -0.660. The van der Waals surface area contributed by atoms with Crippen molar-refractivity contribution in [3.63, 3.8) is 0 Å². The number of ether oxygens (including phenoxy) is 4. The van der Waals surface area contributed by atoms with Crippen molar-refractivity contribution in [2.75, 3.05) is 11.9 Å². The quantitative estimate of drug-likeness (QED) is 0.529. The molecule has 1 aliphatic rings. The van der Waals surface area contributed by atoms with Crippen LogP contribution in [0.2, 0.25) is 0 Å². The molecular formula is C14H23BrO6. The van der Waals surface area contributed by atoms with Crippen molar-refractivity contribution in [1.29, 1.82) is 0 Å². The highest BCUT2D eigenvalue weighted by Crippen LogP contribution is 2.32. The molecule has 21 heavy (non-hydrogen) atoms. The van der Waals surface area contributed by atoms with Gasteiger partial charge in [0.05, 0.1) is 12.7 Å². The van der Waals surface area contributed by atoms with E-state index in [-0.39, 0.29) is 12.0 Å². The summed E-state index contributed by atoms with van der Waals surface area (Å²) in [5.41, 5.74) is 0. The minimum Gasteiger partial charge on any atom is -0.458 e. The van der Waals surface area contributed by atoms with Gasteiger partial charge in [0, 0.05) is 25.1 Å². The maximum absolute atomic E-state index is 11.4. The third-order valence-corrected chi connectivity index (χ3v) is 3.70. The molecule has 0 saturated carbocycles. The second-order valence-corrected chi connectivity index (χ2v) is 5.81. The van der Waals surface area contributed by atoms with Crippen LogP contribution in [0, 0.1) is 5.92 Å². The number of carbonyl (C=O) groups is 2. The van der Waals surface area contributed by atoms with E-state index < -0.39 is 30.4 Å². The van der Waals surface area contributed by atoms with E-state index >= 15 is 0 Å². The third-order valence-electron chi connectivity index (χ3n) is 3.37. The highest BCUT2D eigenvalue weighted by molar-refractivity contribution is 9.09. The molecule has 1 saturated heterocycles. The summed E-state index contributed by atoms with van der Waals surface area (Å²) in [6.45, 7) is 6.95. The number of carbonyl (C=O) groups excluding carboxylic acids is 2. The summed E-state index contributed by atoms with van der Waals surface area (Å²) in [7, 11) is 0. The molecule has 5 atom stereocenters. The lowest BCUT2D eigenvalue weighted by molar-refractivity contribution is -0.288. The van der Waals surface area contributed by atoms with E-state index in [1.807, 2.05) is 13.8 Å². The molecule has 1 fully saturated rings. The van der Waals surface area contributed by atoms with Gasteiger partial charge in [-0.15, -0.1) is 0 Å². The van der Waals surface area contributed by atoms with Crippen LogP contribution in [-0.4, -0.2) is 48.5 Å². The zero-order valence-electron chi connectivity index (χ0n) is 12.8. The second-order valence-electron chi connectivity index (χ2n) is 5.02. The first-order valence-electron chi connectivity index (χ1n) is 7.08. The summed E-state index contributed by atoms with van der Waals surface area (Å²) in [5, 5.41) is 0.629. The number of alkyl halides is 1. The fourth-order valence-electron chi connectivity index (χ4n) is 2.48. The number of halogens is 1. The molecule has 0 spiro atoms. The predicted octanol–water partition coefficient (Wildman–Crippen LogP) is 2.03. The molecule has 1 heterocycles. The van der Waals surface area contributed by atoms with Crippen molar-refractivity contribution in [2.45, 2.75) is 58.7 Å². The molecule has 1 rings (SSSR count). The van der Waals surface area contributed by atoms with Gasteiger partial charge in [-0.05, 0) is 6.42 Å². The highest BCUT2D eigenvalue weighted by Gasteiger charge is 2.47. The van der Waals surface area contributed by atoms with Gasteiger partial charge in [-0.2, -0.15) is 0 Å². The first-order valence-corrected chi connectivity index (χ1v) is 8.20. The Bertz CT molecular complexity index is 361. The number of hydrogen-bond acceptors (Lipinski definition) is 6. The third kappa shape index (κ3) is 5.23. The summed E-state index contributed by atoms with van der Waals surface area (Å²) < 4.78 is 22.1. The van der Waals surface area contributed by atoms with E-state index in [2.05, 4.69) is 15.9 Å². The van der Waals surface area contributed by atoms with Gasteiger partial charge in [0.2, 0.25) is 0 Å². The zero-order valence-corrected chi connectivity index (χ0v) is 14.4. The Morgan fingerprint density at radius 3 is 2.19 bits per heavy atom. The van der Waals surface area contributed by atoms with Crippen LogP contribution in [0.15, 0.2) is 0 Å². The maximum atomic E-state index is 11.4. The Morgan fingerprint density at radius 1 is 1.14 bits per heavy atom. The Morgan fingerprint density at radius 2 is 1.71 bits per heavy atom. The van der Waals surface area contributed by atoms with Crippen LogP contribution >= 0.6 is 15.9 Å². The van der Waals surface area contributed by atoms with Crippen LogP contribution in [-0.2, 0) is 28.5 Å². The van der Waals surface area contributed by atoms with Crippen LogP contribution < -0.4 is 0 Å². The van der Waals surface area contributed by atoms with Crippen molar-refractivity contribution >= 4 is 27.9 Å². The maximum Gasteiger partial charge on any atom is 0.303 e. The average Bonchev–Trinajstić information content (AvgIpc) is 2.41. The van der Waals surface area contributed by atoms with Crippen LogP contribution in [0.3, 0.4) is 0 Å². The highest BCUT2D eigenvalue weighted by atomic mass is 79.9. The van der Waals surface area contributed by atoms with Crippen LogP contribution in [0.25, 0.3) is 0 Å². The first kappa shape index (κ1) is 18.4. The summed E-state index contributed by atoms with van der Waals surface area (Å²) in [6.07, 6.45) is -1.45. The van der Waals surface area contributed by atoms with Gasteiger partial charge in [-0.1, -0.05) is 29.8 Å². The van der Waals surface area contributed by atoms with Crippen molar-refractivity contribution in [3.8, 4) is 0 Å². The molecule has 1 aliphatic heterocycles. The van der Waals surface area contributed by atoms with Gasteiger partial charge in [-0.25, -0.2) is 0 Å². The largest absolute Gasteiger partial charge is 0.458 e. The van der Waals surface area contributed by atoms with Gasteiger partial charge in [0.15, 0.2) is 12.4 Å². The predicted molar refractivity (Wildman–Crippen MR) is 79.0 cm³/mol. The smallest absolute Gasteiger partial charge is 0.303 e. The number of hydrogen-bond donors (Lipinski definition) is 0. The Labute approximate surface area is 133 Å². The minimum absolute atomic E-state index is 0.0907. The van der Waals surface area contributed by atoms with Crippen molar-refractivity contribution in [1.82, 2.24) is 0 Å². The van der Waals surface area contributed by atoms with Crippen LogP contribution in [0.4, 0.5) is 0 Å². The van der Waals surface area contributed by atoms with Crippen molar-refractivity contribution in [2.24, 2.45) is 5.92 Å². The monoisotopic (exact) mass is 366 g/mol. The molecule has 0 aromatic carbocycles. The molecule has 1 unspecified atom stereocenters. The molecule has 6 nitrogen and oxygen atoms in total. The molecule has 0 radical (unpaired) electrons. The lowest BCUT2D eigenvalue weighted by Crippen LogP contribution is -2.57. The summed E-state index contributed by atoms with van der Waals surface area (Å²) in [5.74, 6) is -0.970. The molecule has 0 N–H and O–H groups in total. The summed E-state index contributed by atoms with van der Waals surface area (Å²) >= 11 is 3.27. The SMILES string of the molecule is CC[C@H]1OC(OCCBr)[C@H](OC(C)=O)[C@@H](OC(C)=O)[C@@H]1C. The standard InChI is InChI=1S/C14H23BrO6/c1-5-11-8(2)12(19-9(3)16)13(20-10(4)17)14(21-11)18-7-6-15/h8,11-14H,5-7H2,1-4H3/t8-,11-,12+,13-,14?/m1/s1. The molecule has 0 aromatic rings. The number of esters is 2. The normalized spacial score (nSPS) is 32.5. The van der Waals surface area contributed by atoms with E-state index in [0.717, 1.165) is 6.42 Å². The lowest BCUT2D eigenvalue weighted by atomic mass is 9.89. The minimum atomic E-state index is -0.761. The van der Waals surface area contributed by atoms with Gasteiger partial charge in [0.25, 0.3) is 0 Å².